The van der Waals surface area contributed by atoms with Crippen LogP contribution < -0.4 is 0 Å². The van der Waals surface area contributed by atoms with E-state index in [0.717, 1.165) is 61.7 Å². The number of H-pyrrole nitrogens is 1. The second-order valence-electron chi connectivity index (χ2n) is 9.04. The van der Waals surface area contributed by atoms with Crippen LogP contribution in [-0.4, -0.2) is 68.4 Å². The monoisotopic (exact) mass is 435 g/mol. The fourth-order valence-corrected chi connectivity index (χ4v) is 7.16. The highest BCUT2D eigenvalue weighted by Crippen LogP contribution is 2.49. The summed E-state index contributed by atoms with van der Waals surface area (Å²) in [6.07, 6.45) is 10.1. The maximum absolute atomic E-state index is 13.6. The predicted molar refractivity (Wildman–Crippen MR) is 116 cm³/mol. The molecule has 30 heavy (non-hydrogen) atoms. The number of fused-ring (bicyclic) bond motifs is 1. The average Bonchev–Trinajstić information content (AvgIpc) is 3.30. The fraction of sp³-hybridized carbons (Fsp3) is 0.714. The number of rotatable bonds is 7. The van der Waals surface area contributed by atoms with E-state index in [0.29, 0.717) is 12.5 Å². The van der Waals surface area contributed by atoms with Crippen LogP contribution in [0.25, 0.3) is 11.0 Å². The molecule has 1 aliphatic carbocycles. The van der Waals surface area contributed by atoms with Crippen molar-refractivity contribution < 1.29 is 13.5 Å². The minimum Gasteiger partial charge on any atom is -0.395 e. The highest BCUT2D eigenvalue weighted by Gasteiger charge is 2.54. The Morgan fingerprint density at radius 3 is 2.80 bits per heavy atom. The molecule has 1 saturated carbocycles. The Morgan fingerprint density at radius 1 is 1.30 bits per heavy atom. The van der Waals surface area contributed by atoms with Gasteiger partial charge in [0.05, 0.1) is 12.3 Å². The molecular weight excluding hydrogens is 402 g/mol. The molecule has 0 radical (unpaired) electrons. The normalized spacial score (nSPS) is 22.6. The Morgan fingerprint density at radius 2 is 2.10 bits per heavy atom. The van der Waals surface area contributed by atoms with Crippen molar-refractivity contribution in [2.45, 2.75) is 70.4 Å². The number of hydrogen-bond acceptors (Lipinski definition) is 5. The number of nitrogens with zero attached hydrogens (tertiary/aromatic N) is 4. The van der Waals surface area contributed by atoms with Gasteiger partial charge in [-0.3, -0.25) is 0 Å². The van der Waals surface area contributed by atoms with Crippen molar-refractivity contribution in [3.05, 3.63) is 24.3 Å². The van der Waals surface area contributed by atoms with Gasteiger partial charge in [0.2, 0.25) is 0 Å². The van der Waals surface area contributed by atoms with E-state index in [2.05, 4.69) is 15.0 Å². The Hall–Kier alpha value is -1.55. The van der Waals surface area contributed by atoms with Crippen molar-refractivity contribution in [3.8, 4) is 0 Å². The number of aliphatic hydroxyl groups excluding tert-OH is 1. The zero-order valence-electron chi connectivity index (χ0n) is 17.9. The number of nitrogens with one attached hydrogen (secondary N) is 1. The Labute approximate surface area is 178 Å². The van der Waals surface area contributed by atoms with E-state index in [1.807, 2.05) is 26.1 Å². The molecule has 0 amide bonds. The van der Waals surface area contributed by atoms with Crippen LogP contribution in [-0.2, 0) is 16.6 Å². The molecule has 1 saturated heterocycles. The first kappa shape index (κ1) is 21.7. The molecule has 2 fully saturated rings. The van der Waals surface area contributed by atoms with Crippen LogP contribution in [0, 0.1) is 5.92 Å². The van der Waals surface area contributed by atoms with Crippen molar-refractivity contribution in [2.24, 2.45) is 5.92 Å². The number of hydrogen-bond donors (Lipinski definition) is 2. The number of aromatic amines is 1. The second kappa shape index (κ2) is 8.53. The van der Waals surface area contributed by atoms with Gasteiger partial charge in [-0.05, 0) is 64.4 Å². The van der Waals surface area contributed by atoms with Gasteiger partial charge in [-0.2, -0.15) is 17.0 Å². The summed E-state index contributed by atoms with van der Waals surface area (Å²) >= 11 is 0. The zero-order chi connectivity index (χ0) is 21.4. The summed E-state index contributed by atoms with van der Waals surface area (Å²) in [6.45, 7) is 4.25. The third-order valence-corrected chi connectivity index (χ3v) is 9.06. The van der Waals surface area contributed by atoms with Crippen LogP contribution in [0.3, 0.4) is 0 Å². The largest absolute Gasteiger partial charge is 0.395 e. The summed E-state index contributed by atoms with van der Waals surface area (Å²) < 4.78 is 30.3. The molecule has 9 heteroatoms. The van der Waals surface area contributed by atoms with Crippen LogP contribution in [0.2, 0.25) is 0 Å². The average molecular weight is 436 g/mol. The maximum Gasteiger partial charge on any atom is 0.282 e. The van der Waals surface area contributed by atoms with E-state index >= 15 is 0 Å². The SMILES string of the molecule is CC(C)N(CCO)S(=O)(=O)N1CCC(Cc2ncnc3[nH]ccc23)CCCC12CC2. The fourth-order valence-electron chi connectivity index (χ4n) is 4.96. The summed E-state index contributed by atoms with van der Waals surface area (Å²) in [4.78, 5) is 11.9. The quantitative estimate of drug-likeness (QED) is 0.696. The first-order chi connectivity index (χ1) is 14.4. The Balaban J connectivity index is 1.54. The number of aliphatic hydroxyl groups is 1. The summed E-state index contributed by atoms with van der Waals surface area (Å²) in [7, 11) is -3.62. The molecule has 8 nitrogen and oxygen atoms in total. The van der Waals surface area contributed by atoms with Crippen LogP contribution in [0.1, 0.15) is 58.1 Å². The molecule has 2 N–H and O–H groups in total. The van der Waals surface area contributed by atoms with E-state index in [-0.39, 0.29) is 24.7 Å². The van der Waals surface area contributed by atoms with Gasteiger partial charge in [0, 0.05) is 36.3 Å². The van der Waals surface area contributed by atoms with Gasteiger partial charge in [-0.25, -0.2) is 9.97 Å². The first-order valence-corrected chi connectivity index (χ1v) is 12.4. The summed E-state index contributed by atoms with van der Waals surface area (Å²) in [6, 6.07) is 1.83. The molecule has 2 aromatic rings. The lowest BCUT2D eigenvalue weighted by Gasteiger charge is -2.39. The summed E-state index contributed by atoms with van der Waals surface area (Å²) in [5.74, 6) is 0.386. The van der Waals surface area contributed by atoms with Crippen molar-refractivity contribution in [1.82, 2.24) is 23.6 Å². The molecular formula is C21H33N5O3S. The maximum atomic E-state index is 13.6. The summed E-state index contributed by atoms with van der Waals surface area (Å²) in [5, 5.41) is 10.5. The van der Waals surface area contributed by atoms with Gasteiger partial charge >= 0.3 is 0 Å². The molecule has 4 rings (SSSR count). The smallest absolute Gasteiger partial charge is 0.282 e. The van der Waals surface area contributed by atoms with E-state index in [4.69, 9.17) is 0 Å². The van der Waals surface area contributed by atoms with Gasteiger partial charge in [-0.15, -0.1) is 0 Å². The van der Waals surface area contributed by atoms with Crippen molar-refractivity contribution in [3.63, 3.8) is 0 Å². The molecule has 166 valence electrons. The lowest BCUT2D eigenvalue weighted by molar-refractivity contribution is 0.188. The van der Waals surface area contributed by atoms with E-state index in [1.165, 1.54) is 4.31 Å². The van der Waals surface area contributed by atoms with Gasteiger partial charge in [0.1, 0.15) is 12.0 Å². The van der Waals surface area contributed by atoms with Gasteiger partial charge in [0.15, 0.2) is 0 Å². The standard InChI is InChI=1S/C21H33N5O3S/c1-16(2)25(12-13-27)30(28,29)26-11-6-17(4-3-7-21(26)8-9-21)14-19-18-5-10-22-20(18)24-15-23-19/h5,10,15-17,27H,3-4,6-9,11-14H2,1-2H3,(H,22,23,24). The molecule has 1 atom stereocenters. The zero-order valence-corrected chi connectivity index (χ0v) is 18.7. The van der Waals surface area contributed by atoms with Crippen molar-refractivity contribution in [2.75, 3.05) is 19.7 Å². The Bertz CT molecular complexity index is 970. The third-order valence-electron chi connectivity index (χ3n) is 6.74. The minimum absolute atomic E-state index is 0.141. The molecule has 1 unspecified atom stereocenters. The third kappa shape index (κ3) is 4.12. The highest BCUT2D eigenvalue weighted by molar-refractivity contribution is 7.86. The van der Waals surface area contributed by atoms with Gasteiger partial charge in [0.25, 0.3) is 10.2 Å². The molecule has 2 aromatic heterocycles. The second-order valence-corrected chi connectivity index (χ2v) is 10.8. The molecule has 1 aliphatic heterocycles. The first-order valence-electron chi connectivity index (χ1n) is 11.0. The van der Waals surface area contributed by atoms with Gasteiger partial charge in [-0.1, -0.05) is 6.42 Å². The summed E-state index contributed by atoms with van der Waals surface area (Å²) in [5.41, 5.74) is 1.67. The molecule has 2 aliphatic rings. The van der Waals surface area contributed by atoms with E-state index < -0.39 is 10.2 Å². The topological polar surface area (TPSA) is 102 Å². The Kier molecular flexibility index (Phi) is 6.16. The van der Waals surface area contributed by atoms with Crippen LogP contribution in [0.15, 0.2) is 18.6 Å². The van der Waals surface area contributed by atoms with E-state index in [1.54, 1.807) is 10.6 Å². The lowest BCUT2D eigenvalue weighted by Crippen LogP contribution is -2.53. The lowest BCUT2D eigenvalue weighted by atomic mass is 9.89. The van der Waals surface area contributed by atoms with Crippen molar-refractivity contribution in [1.29, 1.82) is 0 Å². The molecule has 0 aromatic carbocycles. The number of aromatic nitrogens is 3. The molecule has 1 spiro atoms. The molecule has 3 heterocycles. The van der Waals surface area contributed by atoms with Crippen LogP contribution in [0.5, 0.6) is 0 Å². The molecule has 0 bridgehead atoms. The van der Waals surface area contributed by atoms with Crippen molar-refractivity contribution >= 4 is 21.2 Å². The highest BCUT2D eigenvalue weighted by atomic mass is 32.2. The van der Waals surface area contributed by atoms with E-state index in [9.17, 15) is 13.5 Å². The minimum atomic E-state index is -3.62. The predicted octanol–water partition coefficient (Wildman–Crippen LogP) is 2.47. The van der Waals surface area contributed by atoms with Gasteiger partial charge < -0.3 is 10.1 Å². The van der Waals surface area contributed by atoms with Crippen LogP contribution >= 0.6 is 0 Å². The van der Waals surface area contributed by atoms with Crippen LogP contribution in [0.4, 0.5) is 0 Å².